The van der Waals surface area contributed by atoms with Gasteiger partial charge in [-0.2, -0.15) is 0 Å². The molecule has 0 aliphatic carbocycles. The molecule has 1 amide bonds. The van der Waals surface area contributed by atoms with E-state index < -0.39 is 0 Å². The summed E-state index contributed by atoms with van der Waals surface area (Å²) in [4.78, 5) is 20.8. The largest absolute Gasteiger partial charge is 0.486 e. The summed E-state index contributed by atoms with van der Waals surface area (Å²) in [6.07, 6.45) is 2.24. The van der Waals surface area contributed by atoms with E-state index in [1.807, 2.05) is 18.2 Å². The number of carbonyl (C=O) groups is 1. The van der Waals surface area contributed by atoms with E-state index >= 15 is 0 Å². The SMILES string of the molecule is O=C(Nc1ccc2c(c1)OCCO2)c1cc(NCCc2ccccc2)ncn1. The van der Waals surface area contributed by atoms with Crippen LogP contribution < -0.4 is 20.1 Å². The summed E-state index contributed by atoms with van der Waals surface area (Å²) in [5.41, 5.74) is 2.14. The Morgan fingerprint density at radius 1 is 0.964 bits per heavy atom. The van der Waals surface area contributed by atoms with Gasteiger partial charge in [-0.05, 0) is 24.1 Å². The second kappa shape index (κ2) is 8.39. The number of rotatable bonds is 6. The molecule has 2 heterocycles. The number of aromatic nitrogens is 2. The molecular formula is C21H20N4O3. The average Bonchev–Trinajstić information content (AvgIpc) is 2.75. The van der Waals surface area contributed by atoms with Crippen LogP contribution >= 0.6 is 0 Å². The van der Waals surface area contributed by atoms with Gasteiger partial charge < -0.3 is 20.1 Å². The first-order valence-corrected chi connectivity index (χ1v) is 9.09. The van der Waals surface area contributed by atoms with Crippen LogP contribution in [0.4, 0.5) is 11.5 Å². The minimum atomic E-state index is -0.315. The van der Waals surface area contributed by atoms with Crippen LogP contribution in [0.2, 0.25) is 0 Å². The van der Waals surface area contributed by atoms with Crippen LogP contribution in [-0.4, -0.2) is 35.6 Å². The Hall–Kier alpha value is -3.61. The van der Waals surface area contributed by atoms with Crippen LogP contribution in [0.5, 0.6) is 11.5 Å². The summed E-state index contributed by atoms with van der Waals surface area (Å²) in [5, 5.41) is 6.05. The Bertz CT molecular complexity index is 963. The van der Waals surface area contributed by atoms with Gasteiger partial charge in [-0.1, -0.05) is 30.3 Å². The summed E-state index contributed by atoms with van der Waals surface area (Å²) in [7, 11) is 0. The van der Waals surface area contributed by atoms with Crippen LogP contribution in [0.3, 0.4) is 0 Å². The molecule has 142 valence electrons. The predicted octanol–water partition coefficient (Wildman–Crippen LogP) is 3.15. The quantitative estimate of drug-likeness (QED) is 0.687. The summed E-state index contributed by atoms with van der Waals surface area (Å²) in [5.74, 6) is 1.59. The third-order valence-electron chi connectivity index (χ3n) is 4.26. The predicted molar refractivity (Wildman–Crippen MR) is 106 cm³/mol. The number of nitrogens with one attached hydrogen (secondary N) is 2. The molecule has 0 spiro atoms. The van der Waals surface area contributed by atoms with Crippen LogP contribution in [0.1, 0.15) is 16.1 Å². The van der Waals surface area contributed by atoms with Crippen LogP contribution in [0, 0.1) is 0 Å². The smallest absolute Gasteiger partial charge is 0.274 e. The lowest BCUT2D eigenvalue weighted by Crippen LogP contribution is -2.17. The zero-order valence-electron chi connectivity index (χ0n) is 15.2. The fourth-order valence-electron chi connectivity index (χ4n) is 2.87. The number of hydrogen-bond donors (Lipinski definition) is 2. The molecule has 0 bridgehead atoms. The second-order valence-electron chi connectivity index (χ2n) is 6.26. The number of benzene rings is 2. The molecule has 0 atom stereocenters. The van der Waals surface area contributed by atoms with E-state index in [9.17, 15) is 4.79 Å². The third kappa shape index (κ3) is 4.37. The molecule has 0 saturated carbocycles. The standard InChI is InChI=1S/C21H20N4O3/c26-21(25-16-6-7-18-19(12-16)28-11-10-27-18)17-13-20(24-14-23-17)22-9-8-15-4-2-1-3-5-15/h1-7,12-14H,8-11H2,(H,25,26)(H,22,23,24). The Balaban J connectivity index is 1.37. The number of ether oxygens (including phenoxy) is 2. The van der Waals surface area contributed by atoms with Crippen molar-refractivity contribution in [3.8, 4) is 11.5 Å². The topological polar surface area (TPSA) is 85.4 Å². The lowest BCUT2D eigenvalue weighted by atomic mass is 10.1. The van der Waals surface area contributed by atoms with Crippen LogP contribution in [0.25, 0.3) is 0 Å². The first kappa shape index (κ1) is 17.8. The van der Waals surface area contributed by atoms with E-state index in [-0.39, 0.29) is 11.6 Å². The zero-order chi connectivity index (χ0) is 19.2. The maximum absolute atomic E-state index is 12.5. The molecule has 3 aromatic rings. The molecule has 2 aromatic carbocycles. The minimum absolute atomic E-state index is 0.284. The second-order valence-corrected chi connectivity index (χ2v) is 6.26. The van der Waals surface area contributed by atoms with E-state index in [1.54, 1.807) is 24.3 Å². The molecular weight excluding hydrogens is 356 g/mol. The molecule has 1 aliphatic heterocycles. The molecule has 0 fully saturated rings. The van der Waals surface area contributed by atoms with Crippen molar-refractivity contribution in [3.05, 3.63) is 72.2 Å². The van der Waals surface area contributed by atoms with Crippen molar-refractivity contribution < 1.29 is 14.3 Å². The molecule has 7 heteroatoms. The summed E-state index contributed by atoms with van der Waals surface area (Å²) in [6, 6.07) is 17.1. The maximum atomic E-state index is 12.5. The van der Waals surface area contributed by atoms with Gasteiger partial charge in [0.25, 0.3) is 5.91 Å². The number of carbonyl (C=O) groups excluding carboxylic acids is 1. The van der Waals surface area contributed by atoms with Gasteiger partial charge in [-0.25, -0.2) is 9.97 Å². The molecule has 0 radical (unpaired) electrons. The monoisotopic (exact) mass is 376 g/mol. The summed E-state index contributed by atoms with van der Waals surface area (Å²) in [6.45, 7) is 1.73. The average molecular weight is 376 g/mol. The normalized spacial score (nSPS) is 12.3. The van der Waals surface area contributed by atoms with Gasteiger partial charge in [0.2, 0.25) is 0 Å². The minimum Gasteiger partial charge on any atom is -0.486 e. The first-order chi connectivity index (χ1) is 13.8. The highest BCUT2D eigenvalue weighted by atomic mass is 16.6. The van der Waals surface area contributed by atoms with Gasteiger partial charge >= 0.3 is 0 Å². The number of amides is 1. The van der Waals surface area contributed by atoms with Gasteiger partial charge in [0.05, 0.1) is 0 Å². The highest BCUT2D eigenvalue weighted by Crippen LogP contribution is 2.32. The highest BCUT2D eigenvalue weighted by Gasteiger charge is 2.14. The van der Waals surface area contributed by atoms with Crippen LogP contribution in [-0.2, 0) is 6.42 Å². The van der Waals surface area contributed by atoms with Crippen molar-refractivity contribution in [2.24, 2.45) is 0 Å². The van der Waals surface area contributed by atoms with Gasteiger partial charge in [-0.15, -0.1) is 0 Å². The maximum Gasteiger partial charge on any atom is 0.274 e. The Morgan fingerprint density at radius 2 is 1.79 bits per heavy atom. The Kier molecular flexibility index (Phi) is 5.33. The number of fused-ring (bicyclic) bond motifs is 1. The van der Waals surface area contributed by atoms with Gasteiger partial charge in [0.15, 0.2) is 11.5 Å². The molecule has 4 rings (SSSR count). The molecule has 1 aromatic heterocycles. The van der Waals surface area contributed by atoms with Crippen molar-refractivity contribution in [2.45, 2.75) is 6.42 Å². The molecule has 2 N–H and O–H groups in total. The fourth-order valence-corrected chi connectivity index (χ4v) is 2.87. The molecule has 0 saturated heterocycles. The van der Waals surface area contributed by atoms with E-state index in [4.69, 9.17) is 9.47 Å². The Morgan fingerprint density at radius 3 is 2.64 bits per heavy atom. The van der Waals surface area contributed by atoms with Gasteiger partial charge in [0.1, 0.15) is 31.1 Å². The summed E-state index contributed by atoms with van der Waals surface area (Å²) >= 11 is 0. The van der Waals surface area contributed by atoms with Crippen LogP contribution in [0.15, 0.2) is 60.9 Å². The molecule has 7 nitrogen and oxygen atoms in total. The van der Waals surface area contributed by atoms with E-state index in [0.29, 0.717) is 42.8 Å². The van der Waals surface area contributed by atoms with E-state index in [1.165, 1.54) is 11.9 Å². The van der Waals surface area contributed by atoms with Crippen molar-refractivity contribution >= 4 is 17.4 Å². The molecule has 1 aliphatic rings. The molecule has 0 unspecified atom stereocenters. The first-order valence-electron chi connectivity index (χ1n) is 9.09. The van der Waals surface area contributed by atoms with Crippen molar-refractivity contribution in [1.29, 1.82) is 0 Å². The third-order valence-corrected chi connectivity index (χ3v) is 4.26. The Labute approximate surface area is 162 Å². The number of anilines is 2. The lowest BCUT2D eigenvalue weighted by molar-refractivity contribution is 0.102. The number of hydrogen-bond acceptors (Lipinski definition) is 6. The lowest BCUT2D eigenvalue weighted by Gasteiger charge is -2.19. The van der Waals surface area contributed by atoms with E-state index in [0.717, 1.165) is 6.42 Å². The van der Waals surface area contributed by atoms with Gasteiger partial charge in [0, 0.05) is 24.4 Å². The summed E-state index contributed by atoms with van der Waals surface area (Å²) < 4.78 is 11.0. The zero-order valence-corrected chi connectivity index (χ0v) is 15.2. The molecule has 28 heavy (non-hydrogen) atoms. The van der Waals surface area contributed by atoms with Crippen molar-refractivity contribution in [2.75, 3.05) is 30.4 Å². The number of nitrogens with zero attached hydrogens (tertiary/aromatic N) is 2. The van der Waals surface area contributed by atoms with Crippen molar-refractivity contribution in [3.63, 3.8) is 0 Å². The van der Waals surface area contributed by atoms with E-state index in [2.05, 4.69) is 32.7 Å². The fraction of sp³-hybridized carbons (Fsp3) is 0.190. The van der Waals surface area contributed by atoms with Gasteiger partial charge in [-0.3, -0.25) is 4.79 Å². The highest BCUT2D eigenvalue weighted by molar-refractivity contribution is 6.03. The van der Waals surface area contributed by atoms with Crippen molar-refractivity contribution in [1.82, 2.24) is 9.97 Å².